The monoisotopic (exact) mass is 341 g/mol. The number of hydrogen-bond donors (Lipinski definition) is 2. The maximum absolute atomic E-state index is 12.1. The van der Waals surface area contributed by atoms with Crippen LogP contribution in [-0.2, 0) is 9.59 Å². The summed E-state index contributed by atoms with van der Waals surface area (Å²) in [4.78, 5) is 28.2. The number of aryl methyl sites for hydroxylation is 2. The fraction of sp³-hybridized carbons (Fsp3) is 0.278. The lowest BCUT2D eigenvalue weighted by Gasteiger charge is -2.10. The molecule has 1 heterocycles. The minimum Gasteiger partial charge on any atom is -0.326 e. The Hall–Kier alpha value is -2.47. The van der Waals surface area contributed by atoms with Crippen LogP contribution < -0.4 is 10.6 Å². The lowest BCUT2D eigenvalue weighted by atomic mass is 10.1. The summed E-state index contributed by atoms with van der Waals surface area (Å²) in [7, 11) is 0. The van der Waals surface area contributed by atoms with Crippen LogP contribution in [-0.4, -0.2) is 16.8 Å². The van der Waals surface area contributed by atoms with Gasteiger partial charge in [-0.1, -0.05) is 6.07 Å². The van der Waals surface area contributed by atoms with Gasteiger partial charge >= 0.3 is 0 Å². The molecular weight excluding hydrogens is 322 g/mol. The quantitative estimate of drug-likeness (QED) is 0.814. The van der Waals surface area contributed by atoms with Gasteiger partial charge in [-0.25, -0.2) is 4.98 Å². The molecule has 5 nitrogen and oxygen atoms in total. The molecule has 0 spiro atoms. The van der Waals surface area contributed by atoms with Gasteiger partial charge < -0.3 is 10.6 Å². The third-order valence-corrected chi connectivity index (χ3v) is 4.55. The minimum absolute atomic E-state index is 0.0509. The van der Waals surface area contributed by atoms with Gasteiger partial charge in [-0.2, -0.15) is 0 Å². The second-order valence-corrected chi connectivity index (χ2v) is 6.97. The molecule has 2 amide bonds. The van der Waals surface area contributed by atoms with Crippen molar-refractivity contribution in [3.8, 4) is 0 Å². The van der Waals surface area contributed by atoms with Crippen molar-refractivity contribution in [2.45, 2.75) is 26.7 Å². The third-order valence-electron chi connectivity index (χ3n) is 3.75. The van der Waals surface area contributed by atoms with Gasteiger partial charge in [0.25, 0.3) is 0 Å². The Morgan fingerprint density at radius 1 is 1.25 bits per heavy atom. The molecule has 2 aromatic rings. The highest BCUT2D eigenvalue weighted by molar-refractivity contribution is 7.09. The highest BCUT2D eigenvalue weighted by Crippen LogP contribution is 2.30. The van der Waals surface area contributed by atoms with Crippen molar-refractivity contribution in [2.24, 2.45) is 5.92 Å². The number of carbonyl (C=O) groups is 2. The van der Waals surface area contributed by atoms with E-state index in [-0.39, 0.29) is 17.7 Å². The zero-order chi connectivity index (χ0) is 17.1. The first-order valence-electron chi connectivity index (χ1n) is 7.84. The van der Waals surface area contributed by atoms with Gasteiger partial charge in [0.2, 0.25) is 11.8 Å². The fourth-order valence-electron chi connectivity index (χ4n) is 2.22. The smallest absolute Gasteiger partial charge is 0.248 e. The highest BCUT2D eigenvalue weighted by atomic mass is 32.1. The molecule has 0 radical (unpaired) electrons. The lowest BCUT2D eigenvalue weighted by molar-refractivity contribution is -0.117. The molecule has 1 aliphatic carbocycles. The molecule has 24 heavy (non-hydrogen) atoms. The number of thiazole rings is 1. The number of nitrogens with one attached hydrogen (secondary N) is 2. The summed E-state index contributed by atoms with van der Waals surface area (Å²) in [6.45, 7) is 3.84. The predicted octanol–water partition coefficient (Wildman–Crippen LogP) is 3.76. The molecule has 1 aliphatic rings. The van der Waals surface area contributed by atoms with E-state index in [9.17, 15) is 9.59 Å². The Morgan fingerprint density at radius 2 is 2.04 bits per heavy atom. The molecule has 6 heteroatoms. The second kappa shape index (κ2) is 6.97. The number of benzene rings is 1. The average Bonchev–Trinajstić information content (AvgIpc) is 3.31. The van der Waals surface area contributed by atoms with Crippen LogP contribution in [0.5, 0.6) is 0 Å². The number of nitrogens with zero attached hydrogens (tertiary/aromatic N) is 1. The van der Waals surface area contributed by atoms with E-state index in [1.807, 2.05) is 31.4 Å². The van der Waals surface area contributed by atoms with Crippen molar-refractivity contribution in [1.29, 1.82) is 0 Å². The third kappa shape index (κ3) is 4.29. The Labute approximate surface area is 144 Å². The van der Waals surface area contributed by atoms with Gasteiger partial charge in [-0.3, -0.25) is 9.59 Å². The van der Waals surface area contributed by atoms with Gasteiger partial charge in [-0.15, -0.1) is 11.3 Å². The average molecular weight is 341 g/mol. The Balaban J connectivity index is 1.65. The Bertz CT molecular complexity index is 806. The first-order chi connectivity index (χ1) is 11.5. The number of rotatable bonds is 5. The zero-order valence-electron chi connectivity index (χ0n) is 13.6. The first-order valence-corrected chi connectivity index (χ1v) is 8.72. The topological polar surface area (TPSA) is 71.1 Å². The lowest BCUT2D eigenvalue weighted by Crippen LogP contribution is -2.14. The molecule has 1 fully saturated rings. The summed E-state index contributed by atoms with van der Waals surface area (Å²) in [5.74, 6) is -0.0294. The molecule has 0 unspecified atom stereocenters. The molecule has 0 aliphatic heterocycles. The van der Waals surface area contributed by atoms with Gasteiger partial charge in [0, 0.05) is 28.7 Å². The molecule has 0 saturated heterocycles. The molecule has 0 bridgehead atoms. The van der Waals surface area contributed by atoms with Gasteiger partial charge in [0.15, 0.2) is 0 Å². The molecular formula is C18H19N3O2S. The second-order valence-electron chi connectivity index (χ2n) is 5.91. The SMILES string of the molecule is Cc1nc(/C=C/C(=O)Nc2cc(NC(=O)C3CC3)ccc2C)cs1. The number of aromatic nitrogens is 1. The van der Waals surface area contributed by atoms with E-state index in [1.54, 1.807) is 23.5 Å². The standard InChI is InChI=1S/C18H19N3O2S/c1-11-3-6-14(20-18(23)13-4-5-13)9-16(11)21-17(22)8-7-15-10-24-12(2)19-15/h3,6-10,13H,4-5H2,1-2H3,(H,20,23)(H,21,22)/b8-7+. The van der Waals surface area contributed by atoms with Crippen molar-refractivity contribution < 1.29 is 9.59 Å². The Kier molecular flexibility index (Phi) is 4.76. The van der Waals surface area contributed by atoms with Crippen molar-refractivity contribution in [2.75, 3.05) is 10.6 Å². The van der Waals surface area contributed by atoms with E-state index in [0.29, 0.717) is 11.4 Å². The fourth-order valence-corrected chi connectivity index (χ4v) is 2.80. The van der Waals surface area contributed by atoms with Crippen molar-refractivity contribution in [3.05, 3.63) is 45.9 Å². The summed E-state index contributed by atoms with van der Waals surface area (Å²) >= 11 is 1.54. The molecule has 0 atom stereocenters. The van der Waals surface area contributed by atoms with Crippen LogP contribution in [0, 0.1) is 19.8 Å². The van der Waals surface area contributed by atoms with E-state index in [4.69, 9.17) is 0 Å². The summed E-state index contributed by atoms with van der Waals surface area (Å²) in [5, 5.41) is 8.60. The van der Waals surface area contributed by atoms with E-state index >= 15 is 0 Å². The van der Waals surface area contributed by atoms with Gasteiger partial charge in [0.1, 0.15) is 0 Å². The van der Waals surface area contributed by atoms with Crippen molar-refractivity contribution in [1.82, 2.24) is 4.98 Å². The van der Waals surface area contributed by atoms with Crippen LogP contribution in [0.15, 0.2) is 29.7 Å². The van der Waals surface area contributed by atoms with Crippen molar-refractivity contribution in [3.63, 3.8) is 0 Å². The van der Waals surface area contributed by atoms with Gasteiger partial charge in [0.05, 0.1) is 10.7 Å². The van der Waals surface area contributed by atoms with E-state index < -0.39 is 0 Å². The number of hydrogen-bond acceptors (Lipinski definition) is 4. The maximum Gasteiger partial charge on any atom is 0.248 e. The van der Waals surface area contributed by atoms with Crippen LogP contribution in [0.2, 0.25) is 0 Å². The summed E-state index contributed by atoms with van der Waals surface area (Å²) in [5.41, 5.74) is 3.10. The first kappa shape index (κ1) is 16.4. The summed E-state index contributed by atoms with van der Waals surface area (Å²) in [6.07, 6.45) is 5.07. The van der Waals surface area contributed by atoms with E-state index in [2.05, 4.69) is 15.6 Å². The van der Waals surface area contributed by atoms with Crippen LogP contribution in [0.1, 0.15) is 29.1 Å². The Morgan fingerprint density at radius 3 is 2.71 bits per heavy atom. The molecule has 124 valence electrons. The zero-order valence-corrected chi connectivity index (χ0v) is 14.4. The highest BCUT2D eigenvalue weighted by Gasteiger charge is 2.29. The predicted molar refractivity (Wildman–Crippen MR) is 97.0 cm³/mol. The van der Waals surface area contributed by atoms with E-state index in [1.165, 1.54) is 6.08 Å². The van der Waals surface area contributed by atoms with Crippen molar-refractivity contribution >= 4 is 40.6 Å². The van der Waals surface area contributed by atoms with E-state index in [0.717, 1.165) is 29.1 Å². The largest absolute Gasteiger partial charge is 0.326 e. The number of amides is 2. The molecule has 1 aromatic carbocycles. The molecule has 2 N–H and O–H groups in total. The summed E-state index contributed by atoms with van der Waals surface area (Å²) in [6, 6.07) is 5.51. The normalized spacial score (nSPS) is 13.9. The number of anilines is 2. The molecule has 3 rings (SSSR count). The van der Waals surface area contributed by atoms with Crippen LogP contribution in [0.3, 0.4) is 0 Å². The van der Waals surface area contributed by atoms with Crippen LogP contribution >= 0.6 is 11.3 Å². The molecule has 1 aromatic heterocycles. The van der Waals surface area contributed by atoms with Crippen LogP contribution in [0.4, 0.5) is 11.4 Å². The van der Waals surface area contributed by atoms with Gasteiger partial charge in [-0.05, 0) is 50.5 Å². The minimum atomic E-state index is -0.227. The van der Waals surface area contributed by atoms with Crippen LogP contribution in [0.25, 0.3) is 6.08 Å². The summed E-state index contributed by atoms with van der Waals surface area (Å²) < 4.78 is 0. The maximum atomic E-state index is 12.1. The number of carbonyl (C=O) groups excluding carboxylic acids is 2. The molecule has 1 saturated carbocycles.